The molecule has 5 fully saturated rings. The number of carbonyl (C=O) groups excluding carboxylic acids is 1. The van der Waals surface area contributed by atoms with Crippen LogP contribution >= 0.6 is 0 Å². The summed E-state index contributed by atoms with van der Waals surface area (Å²) in [6.07, 6.45) is -0.655. The van der Waals surface area contributed by atoms with E-state index < -0.39 is 22.7 Å². The average molecular weight is 290 g/mol. The van der Waals surface area contributed by atoms with Gasteiger partial charge in [-0.05, 0) is 13.8 Å². The van der Waals surface area contributed by atoms with Gasteiger partial charge in [-0.15, -0.1) is 0 Å². The Morgan fingerprint density at radius 2 is 2.14 bits per heavy atom. The second kappa shape index (κ2) is 2.92. The van der Waals surface area contributed by atoms with Crippen molar-refractivity contribution in [1.82, 2.24) is 0 Å². The summed E-state index contributed by atoms with van der Waals surface area (Å²) in [6, 6.07) is 0. The third kappa shape index (κ3) is 0.883. The molecule has 2 bridgehead atoms. The van der Waals surface area contributed by atoms with Crippen LogP contribution in [0.15, 0.2) is 24.5 Å². The molecule has 0 aromatic heterocycles. The van der Waals surface area contributed by atoms with Gasteiger partial charge in [-0.3, -0.25) is 0 Å². The Hall–Kier alpha value is -1.33. The molecule has 1 spiro atoms. The number of hydrogen-bond donors (Lipinski definition) is 1. The summed E-state index contributed by atoms with van der Waals surface area (Å²) in [5, 5.41) is 11.5. The lowest BCUT2D eigenvalue weighted by atomic mass is 9.53. The molecule has 0 aromatic carbocycles. The van der Waals surface area contributed by atoms with Gasteiger partial charge < -0.3 is 19.3 Å². The third-order valence-corrected chi connectivity index (χ3v) is 6.73. The van der Waals surface area contributed by atoms with Gasteiger partial charge in [0.25, 0.3) is 0 Å². The molecule has 2 saturated carbocycles. The van der Waals surface area contributed by atoms with Crippen LogP contribution in [0.4, 0.5) is 0 Å². The summed E-state index contributed by atoms with van der Waals surface area (Å²) in [5.74, 6) is -0.0816. The van der Waals surface area contributed by atoms with Crippen molar-refractivity contribution in [2.24, 2.45) is 17.3 Å². The topological polar surface area (TPSA) is 68.3 Å². The van der Waals surface area contributed by atoms with Crippen LogP contribution in [0, 0.1) is 17.3 Å². The molecule has 21 heavy (non-hydrogen) atoms. The fourth-order valence-electron chi connectivity index (χ4n) is 5.75. The van der Waals surface area contributed by atoms with Crippen molar-refractivity contribution in [3.8, 4) is 0 Å². The molecule has 0 radical (unpaired) electrons. The minimum atomic E-state index is -1.10. The van der Waals surface area contributed by atoms with Gasteiger partial charge in [0.1, 0.15) is 12.2 Å². The van der Waals surface area contributed by atoms with E-state index in [1.165, 1.54) is 0 Å². The van der Waals surface area contributed by atoms with Crippen LogP contribution in [-0.4, -0.2) is 40.6 Å². The lowest BCUT2D eigenvalue weighted by Gasteiger charge is -2.51. The Morgan fingerprint density at radius 3 is 2.81 bits per heavy atom. The van der Waals surface area contributed by atoms with Crippen LogP contribution in [0.5, 0.6) is 0 Å². The van der Waals surface area contributed by atoms with E-state index in [-0.39, 0.29) is 30.0 Å². The van der Waals surface area contributed by atoms with Gasteiger partial charge in [-0.25, -0.2) is 4.79 Å². The van der Waals surface area contributed by atoms with Gasteiger partial charge in [0, 0.05) is 12.3 Å². The minimum absolute atomic E-state index is 0.0685. The molecular formula is C16H18O5. The lowest BCUT2D eigenvalue weighted by Crippen LogP contribution is -2.65. The third-order valence-electron chi connectivity index (χ3n) is 6.73. The maximum Gasteiger partial charge on any atom is 0.342 e. The Kier molecular flexibility index (Phi) is 1.70. The second-order valence-corrected chi connectivity index (χ2v) is 7.40. The van der Waals surface area contributed by atoms with Crippen molar-refractivity contribution >= 4 is 5.97 Å². The SMILES string of the molecule is C=C(C)[C@@H]1[C@H]2OC(=C)[C@H]1[C@]1(O)C[C@H]3O[C@]34C(=O)O[C@H]2[C@]14C. The molecule has 5 aliphatic rings. The first kappa shape index (κ1) is 12.2. The van der Waals surface area contributed by atoms with E-state index in [0.29, 0.717) is 12.2 Å². The number of hydrogen-bond acceptors (Lipinski definition) is 5. The number of esters is 1. The van der Waals surface area contributed by atoms with Gasteiger partial charge in [0.2, 0.25) is 5.60 Å². The van der Waals surface area contributed by atoms with Crippen molar-refractivity contribution < 1.29 is 24.1 Å². The number of rotatable bonds is 1. The normalized spacial score (nSPS) is 62.0. The average Bonchev–Trinajstić information content (AvgIpc) is 2.86. The molecule has 2 aliphatic carbocycles. The van der Waals surface area contributed by atoms with E-state index in [9.17, 15) is 9.90 Å². The zero-order valence-corrected chi connectivity index (χ0v) is 12.1. The highest BCUT2D eigenvalue weighted by Gasteiger charge is 2.94. The summed E-state index contributed by atoms with van der Waals surface area (Å²) in [7, 11) is 0. The Morgan fingerprint density at radius 1 is 1.43 bits per heavy atom. The van der Waals surface area contributed by atoms with Crippen molar-refractivity contribution in [3.63, 3.8) is 0 Å². The number of epoxide rings is 1. The number of aliphatic hydroxyl groups is 1. The molecule has 0 amide bonds. The zero-order chi connectivity index (χ0) is 14.9. The van der Waals surface area contributed by atoms with Crippen LogP contribution in [0.2, 0.25) is 0 Å². The molecule has 3 aliphatic heterocycles. The van der Waals surface area contributed by atoms with E-state index in [4.69, 9.17) is 14.2 Å². The number of carbonyl (C=O) groups is 1. The first-order valence-corrected chi connectivity index (χ1v) is 7.41. The summed E-state index contributed by atoms with van der Waals surface area (Å²) in [6.45, 7) is 11.9. The predicted molar refractivity (Wildman–Crippen MR) is 71.0 cm³/mol. The van der Waals surface area contributed by atoms with Gasteiger partial charge in [-0.2, -0.15) is 0 Å². The van der Waals surface area contributed by atoms with Crippen LogP contribution in [0.25, 0.3) is 0 Å². The molecule has 3 heterocycles. The highest BCUT2D eigenvalue weighted by atomic mass is 16.7. The molecule has 5 heteroatoms. The fraction of sp³-hybridized carbons (Fsp3) is 0.688. The standard InChI is InChI=1S/C16H18O5/c1-6(2)9-10-7(3)19-11(9)12-14(4)15(10,18)5-8-16(14,21-8)13(17)20-12/h8-12,18H,1,3,5H2,2,4H3/t8-,9+,10-,11-,12-,14-,15-,16+/m1/s1. The van der Waals surface area contributed by atoms with Crippen molar-refractivity contribution in [1.29, 1.82) is 0 Å². The first-order chi connectivity index (χ1) is 9.79. The van der Waals surface area contributed by atoms with Crippen LogP contribution in [0.3, 0.4) is 0 Å². The smallest absolute Gasteiger partial charge is 0.342 e. The van der Waals surface area contributed by atoms with Crippen molar-refractivity contribution in [3.05, 3.63) is 24.5 Å². The zero-order valence-electron chi connectivity index (χ0n) is 12.1. The second-order valence-electron chi connectivity index (χ2n) is 7.40. The van der Waals surface area contributed by atoms with Gasteiger partial charge >= 0.3 is 5.97 Å². The number of ether oxygens (including phenoxy) is 3. The minimum Gasteiger partial charge on any atom is -0.490 e. The quantitative estimate of drug-likeness (QED) is 0.442. The van der Waals surface area contributed by atoms with E-state index in [1.54, 1.807) is 0 Å². The molecular weight excluding hydrogens is 272 g/mol. The Bertz CT molecular complexity index is 641. The van der Waals surface area contributed by atoms with Gasteiger partial charge in [-0.1, -0.05) is 18.7 Å². The Balaban J connectivity index is 1.78. The fourth-order valence-corrected chi connectivity index (χ4v) is 5.75. The van der Waals surface area contributed by atoms with E-state index in [1.807, 2.05) is 13.8 Å². The Labute approximate surface area is 122 Å². The molecule has 5 nitrogen and oxygen atoms in total. The summed E-state index contributed by atoms with van der Waals surface area (Å²) >= 11 is 0. The first-order valence-electron chi connectivity index (χ1n) is 7.41. The van der Waals surface area contributed by atoms with E-state index in [2.05, 4.69) is 13.2 Å². The van der Waals surface area contributed by atoms with Crippen LogP contribution in [0.1, 0.15) is 20.3 Å². The molecule has 8 atom stereocenters. The van der Waals surface area contributed by atoms with Gasteiger partial charge in [0.05, 0.1) is 22.7 Å². The van der Waals surface area contributed by atoms with E-state index in [0.717, 1.165) is 5.57 Å². The molecule has 5 rings (SSSR count). The number of fused-ring (bicyclic) bond motifs is 4. The summed E-state index contributed by atoms with van der Waals surface area (Å²) < 4.78 is 17.3. The summed E-state index contributed by atoms with van der Waals surface area (Å²) in [5.41, 5.74) is -1.92. The molecule has 0 aromatic rings. The van der Waals surface area contributed by atoms with Gasteiger partial charge in [0.15, 0.2) is 6.10 Å². The highest BCUT2D eigenvalue weighted by Crippen LogP contribution is 2.77. The molecule has 0 unspecified atom stereocenters. The highest BCUT2D eigenvalue weighted by molar-refractivity contribution is 5.89. The maximum absolute atomic E-state index is 12.4. The van der Waals surface area contributed by atoms with Crippen molar-refractivity contribution in [2.45, 2.75) is 49.8 Å². The lowest BCUT2D eigenvalue weighted by molar-refractivity contribution is -0.194. The summed E-state index contributed by atoms with van der Waals surface area (Å²) in [4.78, 5) is 12.4. The predicted octanol–water partition coefficient (Wildman–Crippen LogP) is 0.925. The maximum atomic E-state index is 12.4. The molecule has 1 N–H and O–H groups in total. The van der Waals surface area contributed by atoms with Crippen LogP contribution < -0.4 is 0 Å². The molecule has 3 saturated heterocycles. The van der Waals surface area contributed by atoms with Crippen LogP contribution in [-0.2, 0) is 19.0 Å². The monoisotopic (exact) mass is 290 g/mol. The van der Waals surface area contributed by atoms with Crippen molar-refractivity contribution in [2.75, 3.05) is 0 Å². The molecule has 112 valence electrons. The van der Waals surface area contributed by atoms with E-state index >= 15 is 0 Å². The largest absolute Gasteiger partial charge is 0.490 e.